The molecule has 0 aliphatic carbocycles. The third kappa shape index (κ3) is 6.18. The van der Waals surface area contributed by atoms with Gasteiger partial charge in [0.25, 0.3) is 11.8 Å². The average Bonchev–Trinajstić information content (AvgIpc) is 2.82. The number of hydrogen-bond donors (Lipinski definition) is 2. The smallest absolute Gasteiger partial charge is 0.357 e. The lowest BCUT2D eigenvalue weighted by Gasteiger charge is -2.23. The van der Waals surface area contributed by atoms with E-state index in [2.05, 4.69) is 15.6 Å². The van der Waals surface area contributed by atoms with Crippen LogP contribution in [0.5, 0.6) is 0 Å². The molecule has 0 fully saturated rings. The number of nitrogens with zero attached hydrogens (tertiary/aromatic N) is 1. The fourth-order valence-electron chi connectivity index (χ4n) is 3.25. The molecule has 9 nitrogen and oxygen atoms in total. The zero-order chi connectivity index (χ0) is 24.8. The van der Waals surface area contributed by atoms with E-state index in [1.807, 2.05) is 27.7 Å². The first-order valence-corrected chi connectivity index (χ1v) is 11.2. The lowest BCUT2D eigenvalue weighted by atomic mass is 10.0. The van der Waals surface area contributed by atoms with Crippen LogP contribution >= 0.6 is 0 Å². The van der Waals surface area contributed by atoms with Crippen LogP contribution in [0.2, 0.25) is 0 Å². The lowest BCUT2D eigenvalue weighted by molar-refractivity contribution is 0.0413. The second-order valence-corrected chi connectivity index (χ2v) is 8.83. The highest BCUT2D eigenvalue weighted by atomic mass is 16.5. The van der Waals surface area contributed by atoms with Gasteiger partial charge in [-0.1, -0.05) is 39.8 Å². The Bertz CT molecular complexity index is 1010. The largest absolute Gasteiger partial charge is 0.459 e. The molecule has 180 valence electrons. The van der Waals surface area contributed by atoms with Crippen molar-refractivity contribution in [1.29, 1.82) is 0 Å². The molecule has 2 atom stereocenters. The molecule has 1 aliphatic heterocycles. The Labute approximate surface area is 198 Å². The van der Waals surface area contributed by atoms with Crippen LogP contribution in [0.3, 0.4) is 0 Å². The summed E-state index contributed by atoms with van der Waals surface area (Å²) >= 11 is 0. The number of amides is 2. The van der Waals surface area contributed by atoms with E-state index in [-0.39, 0.29) is 48.3 Å². The number of carbonyl (C=O) groups excluding carboxylic acids is 4. The molecule has 1 aliphatic rings. The van der Waals surface area contributed by atoms with E-state index < -0.39 is 24.0 Å². The van der Waals surface area contributed by atoms with Crippen molar-refractivity contribution in [3.8, 4) is 0 Å². The number of hydrogen-bond acceptors (Lipinski definition) is 7. The van der Waals surface area contributed by atoms with Gasteiger partial charge in [-0.15, -0.1) is 0 Å². The number of cyclic esters (lactones) is 2. The van der Waals surface area contributed by atoms with E-state index in [0.29, 0.717) is 11.1 Å². The Morgan fingerprint density at radius 2 is 1.15 bits per heavy atom. The fraction of sp³-hybridized carbons (Fsp3) is 0.400. The molecule has 2 amide bonds. The van der Waals surface area contributed by atoms with E-state index >= 15 is 0 Å². The minimum atomic E-state index is -0.718. The molecule has 0 radical (unpaired) electrons. The number of fused-ring (bicyclic) bond motifs is 4. The van der Waals surface area contributed by atoms with Crippen molar-refractivity contribution in [2.24, 2.45) is 11.8 Å². The Kier molecular flexibility index (Phi) is 7.99. The topological polar surface area (TPSA) is 124 Å². The molecular weight excluding hydrogens is 438 g/mol. The summed E-state index contributed by atoms with van der Waals surface area (Å²) in [4.78, 5) is 54.9. The number of esters is 2. The number of nitrogens with one attached hydrogen (secondary N) is 2. The molecule has 2 aromatic rings. The summed E-state index contributed by atoms with van der Waals surface area (Å²) in [7, 11) is 0. The van der Waals surface area contributed by atoms with Crippen molar-refractivity contribution in [3.63, 3.8) is 0 Å². The van der Waals surface area contributed by atoms with Crippen molar-refractivity contribution in [3.05, 3.63) is 65.0 Å². The third-order valence-electron chi connectivity index (χ3n) is 5.58. The van der Waals surface area contributed by atoms with Crippen LogP contribution in [-0.2, 0) is 9.47 Å². The Balaban J connectivity index is 1.95. The summed E-state index contributed by atoms with van der Waals surface area (Å²) in [5.41, 5.74) is 0.497. The van der Waals surface area contributed by atoms with Crippen molar-refractivity contribution in [2.75, 3.05) is 13.2 Å². The van der Waals surface area contributed by atoms with Gasteiger partial charge in [0.2, 0.25) is 0 Å². The van der Waals surface area contributed by atoms with Crippen molar-refractivity contribution in [2.45, 2.75) is 39.8 Å². The SMILES string of the molecule is CC(C)C1COC(=O)c2cccc(n2)C(=O)OC[C@@H](C(C)C)NC(=O)c2cccc(c2)C(=O)N1. The van der Waals surface area contributed by atoms with Gasteiger partial charge in [-0.3, -0.25) is 9.59 Å². The molecule has 0 saturated carbocycles. The molecule has 0 spiro atoms. The molecule has 4 bridgehead atoms. The highest BCUT2D eigenvalue weighted by Crippen LogP contribution is 2.12. The molecule has 1 aromatic carbocycles. The van der Waals surface area contributed by atoms with Crippen molar-refractivity contribution >= 4 is 23.8 Å². The van der Waals surface area contributed by atoms with Crippen LogP contribution in [0.15, 0.2) is 42.5 Å². The Hall–Kier alpha value is -3.75. The lowest BCUT2D eigenvalue weighted by Crippen LogP contribution is -2.43. The first-order valence-electron chi connectivity index (χ1n) is 11.2. The number of rotatable bonds is 2. The minimum absolute atomic E-state index is 0.0464. The number of benzene rings is 1. The predicted molar refractivity (Wildman–Crippen MR) is 123 cm³/mol. The summed E-state index contributed by atoms with van der Waals surface area (Å²) in [6, 6.07) is 9.73. The van der Waals surface area contributed by atoms with E-state index in [1.54, 1.807) is 18.2 Å². The van der Waals surface area contributed by atoms with Gasteiger partial charge < -0.3 is 20.1 Å². The molecule has 0 saturated heterocycles. The second-order valence-electron chi connectivity index (χ2n) is 8.83. The standard InChI is InChI=1S/C25H29N3O6/c1-14(2)20-12-33-24(31)18-9-6-10-19(26-18)25(32)34-13-21(15(3)4)28-23(30)17-8-5-7-16(11-17)22(29)27-20/h5-11,14-15,20-21H,12-13H2,1-4H3,(H,27,29)(H,28,30)/t20-,21?/m0/s1. The highest BCUT2D eigenvalue weighted by Gasteiger charge is 2.24. The van der Waals surface area contributed by atoms with Crippen LogP contribution in [-0.4, -0.2) is 54.0 Å². The highest BCUT2D eigenvalue weighted by molar-refractivity contribution is 6.00. The predicted octanol–water partition coefficient (Wildman–Crippen LogP) is 2.62. The third-order valence-corrected chi connectivity index (χ3v) is 5.58. The van der Waals surface area contributed by atoms with E-state index in [9.17, 15) is 19.2 Å². The molecule has 34 heavy (non-hydrogen) atoms. The molecule has 2 N–H and O–H groups in total. The monoisotopic (exact) mass is 467 g/mol. The molecule has 2 heterocycles. The summed E-state index contributed by atoms with van der Waals surface area (Å²) in [6.45, 7) is 7.36. The fourth-order valence-corrected chi connectivity index (χ4v) is 3.25. The zero-order valence-corrected chi connectivity index (χ0v) is 19.7. The van der Waals surface area contributed by atoms with Crippen LogP contribution in [0.1, 0.15) is 69.4 Å². The van der Waals surface area contributed by atoms with Gasteiger partial charge in [0.1, 0.15) is 24.6 Å². The van der Waals surface area contributed by atoms with Crippen LogP contribution in [0.4, 0.5) is 0 Å². The molecular formula is C25H29N3O6. The van der Waals surface area contributed by atoms with Crippen molar-refractivity contribution < 1.29 is 28.7 Å². The van der Waals surface area contributed by atoms with Gasteiger partial charge in [0.15, 0.2) is 0 Å². The quantitative estimate of drug-likeness (QED) is 0.651. The van der Waals surface area contributed by atoms with Gasteiger partial charge in [-0.25, -0.2) is 14.6 Å². The summed E-state index contributed by atoms with van der Waals surface area (Å²) in [5, 5.41) is 5.73. The number of aromatic nitrogens is 1. The second kappa shape index (κ2) is 10.9. The van der Waals surface area contributed by atoms with Gasteiger partial charge in [-0.2, -0.15) is 0 Å². The van der Waals surface area contributed by atoms with Gasteiger partial charge in [0, 0.05) is 11.1 Å². The molecule has 9 heteroatoms. The van der Waals surface area contributed by atoms with Gasteiger partial charge in [0.05, 0.1) is 12.1 Å². The van der Waals surface area contributed by atoms with Crippen LogP contribution in [0.25, 0.3) is 0 Å². The van der Waals surface area contributed by atoms with Crippen LogP contribution in [0, 0.1) is 11.8 Å². The summed E-state index contributed by atoms with van der Waals surface area (Å²) in [6.07, 6.45) is 0. The Morgan fingerprint density at radius 1 is 0.735 bits per heavy atom. The number of carbonyl (C=O) groups is 4. The Morgan fingerprint density at radius 3 is 1.56 bits per heavy atom. The minimum Gasteiger partial charge on any atom is -0.459 e. The van der Waals surface area contributed by atoms with Gasteiger partial charge >= 0.3 is 11.9 Å². The zero-order valence-electron chi connectivity index (χ0n) is 19.7. The molecule has 1 unspecified atom stereocenters. The van der Waals surface area contributed by atoms with E-state index in [0.717, 1.165) is 0 Å². The summed E-state index contributed by atoms with van der Waals surface area (Å²) in [5.74, 6) is -2.31. The molecule has 3 rings (SSSR count). The maximum Gasteiger partial charge on any atom is 0.357 e. The summed E-state index contributed by atoms with van der Waals surface area (Å²) < 4.78 is 10.7. The molecule has 1 aromatic heterocycles. The van der Waals surface area contributed by atoms with Crippen LogP contribution < -0.4 is 10.6 Å². The maximum atomic E-state index is 12.9. The van der Waals surface area contributed by atoms with E-state index in [1.165, 1.54) is 24.3 Å². The van der Waals surface area contributed by atoms with E-state index in [4.69, 9.17) is 9.47 Å². The maximum absolute atomic E-state index is 12.9. The van der Waals surface area contributed by atoms with Gasteiger partial charge in [-0.05, 0) is 42.2 Å². The first-order chi connectivity index (χ1) is 16.2. The first kappa shape index (κ1) is 24.9. The number of ether oxygens (including phenoxy) is 2. The number of pyridine rings is 1. The van der Waals surface area contributed by atoms with Crippen molar-refractivity contribution in [1.82, 2.24) is 15.6 Å². The average molecular weight is 468 g/mol. The normalized spacial score (nSPS) is 20.1.